The minimum atomic E-state index is -0.134. The molecule has 4 aromatic rings. The van der Waals surface area contributed by atoms with Gasteiger partial charge in [0.1, 0.15) is 24.0 Å². The van der Waals surface area contributed by atoms with Gasteiger partial charge in [-0.3, -0.25) is 4.79 Å². The maximum atomic E-state index is 12.7. The number of nitrogens with zero attached hydrogens (tertiary/aromatic N) is 4. The monoisotopic (exact) mass is 401 g/mol. The third-order valence-corrected chi connectivity index (χ3v) is 4.66. The van der Waals surface area contributed by atoms with Crippen molar-refractivity contribution in [1.29, 1.82) is 0 Å². The Morgan fingerprint density at radius 3 is 2.67 bits per heavy atom. The maximum absolute atomic E-state index is 12.7. The highest BCUT2D eigenvalue weighted by Gasteiger charge is 2.07. The zero-order valence-electron chi connectivity index (χ0n) is 17.0. The van der Waals surface area contributed by atoms with Crippen LogP contribution in [-0.4, -0.2) is 32.9 Å². The third kappa shape index (κ3) is 4.63. The summed E-state index contributed by atoms with van der Waals surface area (Å²) < 4.78 is 7.16. The smallest absolute Gasteiger partial charge is 0.274 e. The topological polar surface area (TPSA) is 81.9 Å². The molecule has 2 aromatic heterocycles. The van der Waals surface area contributed by atoms with E-state index in [1.54, 1.807) is 6.20 Å². The first kappa shape index (κ1) is 19.6. The second-order valence-corrected chi connectivity index (χ2v) is 7.07. The number of anilines is 1. The molecule has 0 saturated heterocycles. The van der Waals surface area contributed by atoms with Gasteiger partial charge in [-0.05, 0) is 32.0 Å². The molecule has 0 spiro atoms. The molecule has 0 fully saturated rings. The Hall–Kier alpha value is -3.74. The second-order valence-electron chi connectivity index (χ2n) is 7.07. The normalized spacial score (nSPS) is 10.9. The molecule has 0 aliphatic heterocycles. The Kier molecular flexibility index (Phi) is 5.70. The van der Waals surface area contributed by atoms with Crippen LogP contribution in [0.15, 0.2) is 65.6 Å². The number of hydrogen-bond donors (Lipinski definition) is 1. The highest BCUT2D eigenvalue weighted by atomic mass is 16.5. The molecule has 2 aromatic carbocycles. The van der Waals surface area contributed by atoms with Gasteiger partial charge in [-0.1, -0.05) is 35.9 Å². The van der Waals surface area contributed by atoms with Gasteiger partial charge < -0.3 is 10.1 Å². The van der Waals surface area contributed by atoms with Crippen molar-refractivity contribution in [3.05, 3.63) is 88.2 Å². The van der Waals surface area contributed by atoms with Gasteiger partial charge >= 0.3 is 0 Å². The van der Waals surface area contributed by atoms with Gasteiger partial charge in [-0.25, -0.2) is 14.6 Å². The summed E-state index contributed by atoms with van der Waals surface area (Å²) in [5.74, 6) is 2.16. The lowest BCUT2D eigenvalue weighted by molar-refractivity contribution is 0.332. The molecule has 0 bridgehead atoms. The van der Waals surface area contributed by atoms with Crippen LogP contribution in [0.4, 0.5) is 5.82 Å². The Morgan fingerprint density at radius 2 is 1.83 bits per heavy atom. The van der Waals surface area contributed by atoms with Crippen molar-refractivity contribution in [1.82, 2.24) is 19.7 Å². The summed E-state index contributed by atoms with van der Waals surface area (Å²) in [6, 6.07) is 17.2. The lowest BCUT2D eigenvalue weighted by atomic mass is 10.2. The molecule has 7 nitrogen and oxygen atoms in total. The van der Waals surface area contributed by atoms with Crippen molar-refractivity contribution in [3.63, 3.8) is 0 Å². The van der Waals surface area contributed by atoms with E-state index in [-0.39, 0.29) is 12.1 Å². The van der Waals surface area contributed by atoms with E-state index in [1.807, 2.05) is 68.4 Å². The molecule has 1 N–H and O–H groups in total. The van der Waals surface area contributed by atoms with Gasteiger partial charge in [0.25, 0.3) is 5.56 Å². The van der Waals surface area contributed by atoms with Gasteiger partial charge in [0.15, 0.2) is 0 Å². The number of hydrogen-bond acceptors (Lipinski definition) is 6. The maximum Gasteiger partial charge on any atom is 0.274 e. The molecule has 0 aliphatic rings. The largest absolute Gasteiger partial charge is 0.492 e. The fraction of sp³-hybridized carbons (Fsp3) is 0.217. The van der Waals surface area contributed by atoms with Crippen LogP contribution < -0.4 is 15.6 Å². The number of ether oxygens (including phenoxy) is 1. The predicted molar refractivity (Wildman–Crippen MR) is 117 cm³/mol. The van der Waals surface area contributed by atoms with Crippen LogP contribution in [0.25, 0.3) is 10.8 Å². The molecule has 0 radical (unpaired) electrons. The van der Waals surface area contributed by atoms with E-state index in [2.05, 4.69) is 20.4 Å². The fourth-order valence-electron chi connectivity index (χ4n) is 3.18. The number of aromatic nitrogens is 4. The van der Waals surface area contributed by atoms with Gasteiger partial charge in [0, 0.05) is 11.5 Å². The lowest BCUT2D eigenvalue weighted by Crippen LogP contribution is -2.24. The minimum Gasteiger partial charge on any atom is -0.492 e. The van der Waals surface area contributed by atoms with E-state index in [4.69, 9.17) is 4.74 Å². The molecule has 152 valence electrons. The average molecular weight is 401 g/mol. The van der Waals surface area contributed by atoms with Crippen LogP contribution in [-0.2, 0) is 6.54 Å². The standard InChI is InChI=1S/C23H23N5O2/c1-16-7-9-20(10-8-16)30-12-11-24-22-13-19(26-17(2)27-22)15-28-23(29)21-6-4-3-5-18(21)14-25-28/h3-10,13-14H,11-12,15H2,1-2H3,(H,24,26,27). The Balaban J connectivity index is 1.42. The number of benzene rings is 2. The first-order chi connectivity index (χ1) is 14.6. The first-order valence-electron chi connectivity index (χ1n) is 9.81. The van der Waals surface area contributed by atoms with Crippen LogP contribution in [0.3, 0.4) is 0 Å². The number of aryl methyl sites for hydroxylation is 2. The molecule has 4 rings (SSSR count). The summed E-state index contributed by atoms with van der Waals surface area (Å²) >= 11 is 0. The quantitative estimate of drug-likeness (QED) is 0.478. The molecule has 0 amide bonds. The van der Waals surface area contributed by atoms with Crippen molar-refractivity contribution >= 4 is 16.6 Å². The van der Waals surface area contributed by atoms with E-state index < -0.39 is 0 Å². The van der Waals surface area contributed by atoms with Gasteiger partial charge in [-0.2, -0.15) is 5.10 Å². The summed E-state index contributed by atoms with van der Waals surface area (Å²) in [5.41, 5.74) is 1.78. The van der Waals surface area contributed by atoms with Crippen molar-refractivity contribution in [2.75, 3.05) is 18.5 Å². The van der Waals surface area contributed by atoms with Crippen molar-refractivity contribution in [3.8, 4) is 5.75 Å². The SMILES string of the molecule is Cc1ccc(OCCNc2cc(Cn3ncc4ccccc4c3=O)nc(C)n2)cc1. The van der Waals surface area contributed by atoms with E-state index in [1.165, 1.54) is 10.2 Å². The van der Waals surface area contributed by atoms with Crippen molar-refractivity contribution in [2.24, 2.45) is 0 Å². The number of nitrogens with one attached hydrogen (secondary N) is 1. The summed E-state index contributed by atoms with van der Waals surface area (Å²) in [7, 11) is 0. The molecular formula is C23H23N5O2. The first-order valence-corrected chi connectivity index (χ1v) is 9.81. The molecule has 7 heteroatoms. The fourth-order valence-corrected chi connectivity index (χ4v) is 3.18. The Morgan fingerprint density at radius 1 is 1.03 bits per heavy atom. The van der Waals surface area contributed by atoms with Crippen LogP contribution in [0.2, 0.25) is 0 Å². The Bertz CT molecular complexity index is 1220. The van der Waals surface area contributed by atoms with Crippen LogP contribution in [0.5, 0.6) is 5.75 Å². The van der Waals surface area contributed by atoms with E-state index in [9.17, 15) is 4.79 Å². The number of rotatable bonds is 7. The summed E-state index contributed by atoms with van der Waals surface area (Å²) in [4.78, 5) is 21.6. The van der Waals surface area contributed by atoms with Crippen molar-refractivity contribution < 1.29 is 4.74 Å². The summed E-state index contributed by atoms with van der Waals surface area (Å²) in [5, 5.41) is 9.00. The molecule has 0 aliphatic carbocycles. The second kappa shape index (κ2) is 8.73. The molecule has 0 atom stereocenters. The predicted octanol–water partition coefficient (Wildman–Crippen LogP) is 3.34. The molecular weight excluding hydrogens is 378 g/mol. The van der Waals surface area contributed by atoms with Gasteiger partial charge in [0.2, 0.25) is 0 Å². The summed E-state index contributed by atoms with van der Waals surface area (Å²) in [6.07, 6.45) is 1.70. The molecule has 0 saturated carbocycles. The zero-order valence-corrected chi connectivity index (χ0v) is 17.0. The van der Waals surface area contributed by atoms with E-state index in [0.29, 0.717) is 35.9 Å². The highest BCUT2D eigenvalue weighted by molar-refractivity contribution is 5.80. The van der Waals surface area contributed by atoms with E-state index in [0.717, 1.165) is 11.1 Å². The third-order valence-electron chi connectivity index (χ3n) is 4.66. The van der Waals surface area contributed by atoms with Crippen LogP contribution in [0.1, 0.15) is 17.1 Å². The van der Waals surface area contributed by atoms with Crippen LogP contribution >= 0.6 is 0 Å². The van der Waals surface area contributed by atoms with Gasteiger partial charge in [-0.15, -0.1) is 0 Å². The molecule has 30 heavy (non-hydrogen) atoms. The van der Waals surface area contributed by atoms with Crippen molar-refractivity contribution in [2.45, 2.75) is 20.4 Å². The van der Waals surface area contributed by atoms with Crippen LogP contribution in [0, 0.1) is 13.8 Å². The molecule has 0 unspecified atom stereocenters. The lowest BCUT2D eigenvalue weighted by Gasteiger charge is -2.11. The number of fused-ring (bicyclic) bond motifs is 1. The molecule has 2 heterocycles. The summed E-state index contributed by atoms with van der Waals surface area (Å²) in [6.45, 7) is 5.25. The van der Waals surface area contributed by atoms with E-state index >= 15 is 0 Å². The Labute approximate surface area is 174 Å². The zero-order chi connectivity index (χ0) is 20.9. The average Bonchev–Trinajstić information content (AvgIpc) is 2.74. The minimum absolute atomic E-state index is 0.134. The highest BCUT2D eigenvalue weighted by Crippen LogP contribution is 2.12. The van der Waals surface area contributed by atoms with Gasteiger partial charge in [0.05, 0.1) is 30.4 Å².